The largest absolute Gasteiger partial charge is 0.305 e. The van der Waals surface area contributed by atoms with Crippen molar-refractivity contribution in [2.24, 2.45) is 0 Å². The topological polar surface area (TPSA) is 30.7 Å². The van der Waals surface area contributed by atoms with E-state index in [0.29, 0.717) is 5.33 Å². The SMILES string of the molecule is Cc1ccc(C)c(-c2nnc(CBr)n2C(C)(C)C)c1. The van der Waals surface area contributed by atoms with Crippen molar-refractivity contribution >= 4 is 15.9 Å². The third-order valence-corrected chi connectivity index (χ3v) is 3.66. The van der Waals surface area contributed by atoms with Gasteiger partial charge in [0.05, 0.1) is 5.33 Å². The smallest absolute Gasteiger partial charge is 0.164 e. The van der Waals surface area contributed by atoms with Crippen molar-refractivity contribution in [1.82, 2.24) is 14.8 Å². The highest BCUT2D eigenvalue weighted by Gasteiger charge is 2.24. The van der Waals surface area contributed by atoms with Crippen molar-refractivity contribution in [1.29, 1.82) is 0 Å². The van der Waals surface area contributed by atoms with E-state index in [9.17, 15) is 0 Å². The molecule has 4 heteroatoms. The first-order chi connectivity index (χ1) is 8.84. The fourth-order valence-electron chi connectivity index (χ4n) is 2.26. The predicted molar refractivity (Wildman–Crippen MR) is 82.6 cm³/mol. The molecule has 0 fully saturated rings. The van der Waals surface area contributed by atoms with Gasteiger partial charge in [0.2, 0.25) is 0 Å². The zero-order valence-electron chi connectivity index (χ0n) is 12.2. The highest BCUT2D eigenvalue weighted by atomic mass is 79.9. The zero-order valence-corrected chi connectivity index (χ0v) is 13.7. The third kappa shape index (κ3) is 2.73. The zero-order chi connectivity index (χ0) is 14.2. The third-order valence-electron chi connectivity index (χ3n) is 3.15. The van der Waals surface area contributed by atoms with Gasteiger partial charge in [0, 0.05) is 11.1 Å². The molecule has 102 valence electrons. The van der Waals surface area contributed by atoms with Crippen molar-refractivity contribution in [3.05, 3.63) is 35.2 Å². The van der Waals surface area contributed by atoms with E-state index in [-0.39, 0.29) is 5.54 Å². The van der Waals surface area contributed by atoms with E-state index in [4.69, 9.17) is 0 Å². The van der Waals surface area contributed by atoms with Crippen molar-refractivity contribution in [3.63, 3.8) is 0 Å². The molecule has 2 aromatic rings. The van der Waals surface area contributed by atoms with Crippen molar-refractivity contribution in [2.75, 3.05) is 0 Å². The van der Waals surface area contributed by atoms with E-state index in [2.05, 4.69) is 83.5 Å². The van der Waals surface area contributed by atoms with Crippen LogP contribution in [0.5, 0.6) is 0 Å². The van der Waals surface area contributed by atoms with Crippen LogP contribution >= 0.6 is 15.9 Å². The Bertz CT molecular complexity index is 594. The molecule has 3 nitrogen and oxygen atoms in total. The molecular formula is C15H20BrN3. The summed E-state index contributed by atoms with van der Waals surface area (Å²) in [7, 11) is 0. The van der Waals surface area contributed by atoms with Crippen LogP contribution in [0.25, 0.3) is 11.4 Å². The van der Waals surface area contributed by atoms with Gasteiger partial charge in [-0.25, -0.2) is 0 Å². The summed E-state index contributed by atoms with van der Waals surface area (Å²) in [6.07, 6.45) is 0. The number of alkyl halides is 1. The number of aromatic nitrogens is 3. The molecule has 0 spiro atoms. The monoisotopic (exact) mass is 321 g/mol. The summed E-state index contributed by atoms with van der Waals surface area (Å²) >= 11 is 3.50. The van der Waals surface area contributed by atoms with Crippen molar-refractivity contribution in [3.8, 4) is 11.4 Å². The van der Waals surface area contributed by atoms with Crippen LogP contribution in [0.3, 0.4) is 0 Å². The van der Waals surface area contributed by atoms with Gasteiger partial charge in [-0.05, 0) is 46.2 Å². The van der Waals surface area contributed by atoms with Crippen LogP contribution in [0.2, 0.25) is 0 Å². The van der Waals surface area contributed by atoms with E-state index in [1.165, 1.54) is 11.1 Å². The van der Waals surface area contributed by atoms with Gasteiger partial charge in [0.1, 0.15) is 5.82 Å². The molecule has 0 aliphatic heterocycles. The quantitative estimate of drug-likeness (QED) is 0.775. The Kier molecular flexibility index (Phi) is 3.81. The molecule has 1 aromatic heterocycles. The normalized spacial score (nSPS) is 11.9. The molecule has 0 atom stereocenters. The van der Waals surface area contributed by atoms with E-state index in [0.717, 1.165) is 17.2 Å². The molecule has 0 amide bonds. The van der Waals surface area contributed by atoms with E-state index >= 15 is 0 Å². The number of aryl methyl sites for hydroxylation is 2. The first kappa shape index (κ1) is 14.3. The first-order valence-corrected chi connectivity index (χ1v) is 7.55. The van der Waals surface area contributed by atoms with Gasteiger partial charge < -0.3 is 4.57 Å². The lowest BCUT2D eigenvalue weighted by atomic mass is 10.0. The molecule has 1 heterocycles. The van der Waals surface area contributed by atoms with Gasteiger partial charge >= 0.3 is 0 Å². The van der Waals surface area contributed by atoms with Gasteiger partial charge in [0.15, 0.2) is 5.82 Å². The minimum atomic E-state index is -0.0435. The van der Waals surface area contributed by atoms with Gasteiger partial charge in [-0.15, -0.1) is 10.2 Å². The summed E-state index contributed by atoms with van der Waals surface area (Å²) in [5.74, 6) is 1.91. The second-order valence-corrected chi connectivity index (χ2v) is 6.46. The van der Waals surface area contributed by atoms with Gasteiger partial charge in [0.25, 0.3) is 0 Å². The van der Waals surface area contributed by atoms with Crippen LogP contribution in [0.1, 0.15) is 37.7 Å². The van der Waals surface area contributed by atoms with Crippen molar-refractivity contribution < 1.29 is 0 Å². The first-order valence-electron chi connectivity index (χ1n) is 6.43. The average Bonchev–Trinajstić information content (AvgIpc) is 2.75. The predicted octanol–water partition coefficient (Wildman–Crippen LogP) is 4.21. The number of hydrogen-bond acceptors (Lipinski definition) is 2. The Morgan fingerprint density at radius 2 is 1.84 bits per heavy atom. The second-order valence-electron chi connectivity index (χ2n) is 5.90. The number of rotatable bonds is 2. The maximum atomic E-state index is 4.41. The van der Waals surface area contributed by atoms with E-state index in [1.54, 1.807) is 0 Å². The molecule has 0 radical (unpaired) electrons. The molecule has 1 aromatic carbocycles. The fraction of sp³-hybridized carbons (Fsp3) is 0.467. The summed E-state index contributed by atoms with van der Waals surface area (Å²) in [6, 6.07) is 6.45. The van der Waals surface area contributed by atoms with Crippen LogP contribution in [0.4, 0.5) is 0 Å². The van der Waals surface area contributed by atoms with Gasteiger partial charge in [-0.2, -0.15) is 0 Å². The number of halogens is 1. The lowest BCUT2D eigenvalue weighted by molar-refractivity contribution is 0.391. The second kappa shape index (κ2) is 5.08. The molecule has 0 bridgehead atoms. The lowest BCUT2D eigenvalue weighted by Crippen LogP contribution is -2.25. The highest BCUT2D eigenvalue weighted by molar-refractivity contribution is 9.08. The van der Waals surface area contributed by atoms with Crippen LogP contribution in [-0.2, 0) is 10.9 Å². The minimum Gasteiger partial charge on any atom is -0.305 e. The molecular weight excluding hydrogens is 302 g/mol. The minimum absolute atomic E-state index is 0.0435. The summed E-state index contributed by atoms with van der Waals surface area (Å²) in [5.41, 5.74) is 3.58. The molecule has 0 aliphatic carbocycles. The summed E-state index contributed by atoms with van der Waals surface area (Å²) in [6.45, 7) is 10.8. The summed E-state index contributed by atoms with van der Waals surface area (Å²) in [5, 5.41) is 9.43. The Morgan fingerprint density at radius 3 is 2.42 bits per heavy atom. The maximum absolute atomic E-state index is 4.41. The lowest BCUT2D eigenvalue weighted by Gasteiger charge is -2.25. The molecule has 0 N–H and O–H groups in total. The van der Waals surface area contributed by atoms with Gasteiger partial charge in [-0.1, -0.05) is 33.6 Å². The van der Waals surface area contributed by atoms with Crippen LogP contribution in [0, 0.1) is 13.8 Å². The fourth-order valence-corrected chi connectivity index (χ4v) is 2.62. The van der Waals surface area contributed by atoms with Gasteiger partial charge in [-0.3, -0.25) is 0 Å². The molecule has 2 rings (SSSR count). The summed E-state index contributed by atoms with van der Waals surface area (Å²) < 4.78 is 2.21. The highest BCUT2D eigenvalue weighted by Crippen LogP contribution is 2.29. The summed E-state index contributed by atoms with van der Waals surface area (Å²) in [4.78, 5) is 0. The van der Waals surface area contributed by atoms with E-state index in [1.807, 2.05) is 0 Å². The molecule has 0 saturated carbocycles. The van der Waals surface area contributed by atoms with Crippen molar-refractivity contribution in [2.45, 2.75) is 45.5 Å². The Labute approximate surface area is 123 Å². The number of hydrogen-bond donors (Lipinski definition) is 0. The molecule has 0 saturated heterocycles. The van der Waals surface area contributed by atoms with Crippen LogP contribution in [-0.4, -0.2) is 14.8 Å². The van der Waals surface area contributed by atoms with E-state index < -0.39 is 0 Å². The van der Waals surface area contributed by atoms with Crippen LogP contribution < -0.4 is 0 Å². The maximum Gasteiger partial charge on any atom is 0.164 e. The molecule has 19 heavy (non-hydrogen) atoms. The average molecular weight is 322 g/mol. The molecule has 0 unspecified atom stereocenters. The Morgan fingerprint density at radius 1 is 1.16 bits per heavy atom. The Balaban J connectivity index is 2.69. The number of nitrogens with zero attached hydrogens (tertiary/aromatic N) is 3. The standard InChI is InChI=1S/C15H20BrN3/c1-10-6-7-11(2)12(8-10)14-18-17-13(9-16)19(14)15(3,4)5/h6-8H,9H2,1-5H3. The molecule has 0 aliphatic rings. The Hall–Kier alpha value is -1.16. The van der Waals surface area contributed by atoms with Crippen LogP contribution in [0.15, 0.2) is 18.2 Å². The number of benzene rings is 1.